The van der Waals surface area contributed by atoms with Gasteiger partial charge in [-0.25, -0.2) is 15.0 Å². The topological polar surface area (TPSA) is 117 Å². The molecule has 0 saturated carbocycles. The number of anilines is 1. The Kier molecular flexibility index (Phi) is 7.87. The Morgan fingerprint density at radius 3 is 2.38 bits per heavy atom. The Labute approximate surface area is 220 Å². The van der Waals surface area contributed by atoms with Crippen LogP contribution in [0.15, 0.2) is 24.5 Å². The fraction of sp³-hybridized carbons (Fsp3) is 0.481. The largest absolute Gasteiger partial charge is 0.481 e. The number of piperidine rings is 1. The highest BCUT2D eigenvalue weighted by atomic mass is 32.1. The summed E-state index contributed by atoms with van der Waals surface area (Å²) in [5.74, 6) is -0.162. The van der Waals surface area contributed by atoms with Crippen LogP contribution in [0.5, 0.6) is 0 Å². The van der Waals surface area contributed by atoms with Crippen LogP contribution >= 0.6 is 11.3 Å². The highest BCUT2D eigenvalue weighted by Crippen LogP contribution is 2.34. The molecular formula is C27H33N5O4S. The van der Waals surface area contributed by atoms with Crippen LogP contribution < -0.4 is 4.90 Å². The Hall–Kier alpha value is -3.40. The van der Waals surface area contributed by atoms with E-state index in [-0.39, 0.29) is 18.1 Å². The van der Waals surface area contributed by atoms with Crippen LogP contribution in [0.1, 0.15) is 61.8 Å². The van der Waals surface area contributed by atoms with Crippen molar-refractivity contribution in [1.82, 2.24) is 19.9 Å². The molecule has 0 bridgehead atoms. The number of hydrogen-bond acceptors (Lipinski definition) is 8. The van der Waals surface area contributed by atoms with Gasteiger partial charge in [0.05, 0.1) is 27.6 Å². The van der Waals surface area contributed by atoms with E-state index in [4.69, 9.17) is 4.98 Å². The van der Waals surface area contributed by atoms with E-state index in [9.17, 15) is 19.5 Å². The second-order valence-electron chi connectivity index (χ2n) is 9.89. The smallest absolute Gasteiger partial charge is 0.309 e. The monoisotopic (exact) mass is 523 g/mol. The van der Waals surface area contributed by atoms with Crippen molar-refractivity contribution in [3.63, 3.8) is 0 Å². The maximum Gasteiger partial charge on any atom is 0.309 e. The van der Waals surface area contributed by atoms with E-state index in [1.54, 1.807) is 31.3 Å². The molecule has 1 amide bonds. The van der Waals surface area contributed by atoms with Gasteiger partial charge in [0.25, 0.3) is 5.91 Å². The van der Waals surface area contributed by atoms with E-state index in [2.05, 4.69) is 9.97 Å². The van der Waals surface area contributed by atoms with Crippen molar-refractivity contribution in [2.24, 2.45) is 5.41 Å². The van der Waals surface area contributed by atoms with E-state index >= 15 is 0 Å². The van der Waals surface area contributed by atoms with E-state index < -0.39 is 11.4 Å². The molecule has 1 aliphatic heterocycles. The van der Waals surface area contributed by atoms with Crippen molar-refractivity contribution in [2.45, 2.75) is 52.9 Å². The van der Waals surface area contributed by atoms with Gasteiger partial charge in [0, 0.05) is 51.1 Å². The highest BCUT2D eigenvalue weighted by molar-refractivity contribution is 7.19. The second-order valence-corrected chi connectivity index (χ2v) is 11.0. The van der Waals surface area contributed by atoms with Gasteiger partial charge in [-0.1, -0.05) is 6.92 Å². The molecule has 1 aromatic carbocycles. The SMILES string of the molecule is CCCC(=O)Cc1nc2cc(-c3cnc(N4CCC(C)(C(=O)O)CC4)nc3)cc(C(=O)N(C)CC)c2s1. The summed E-state index contributed by atoms with van der Waals surface area (Å²) in [5.41, 5.74) is 2.05. The molecule has 2 aromatic heterocycles. The number of aliphatic carboxylic acids is 1. The van der Waals surface area contributed by atoms with Gasteiger partial charge in [-0.2, -0.15) is 0 Å². The van der Waals surface area contributed by atoms with E-state index in [1.807, 2.05) is 30.9 Å². The third-order valence-electron chi connectivity index (χ3n) is 7.10. The molecule has 37 heavy (non-hydrogen) atoms. The van der Waals surface area contributed by atoms with E-state index in [0.29, 0.717) is 60.9 Å². The zero-order valence-corrected chi connectivity index (χ0v) is 22.6. The molecule has 0 radical (unpaired) electrons. The number of aromatic nitrogens is 3. The van der Waals surface area contributed by atoms with Gasteiger partial charge in [-0.05, 0) is 50.8 Å². The predicted octanol–water partition coefficient (Wildman–Crippen LogP) is 4.45. The molecule has 1 N–H and O–H groups in total. The Morgan fingerprint density at radius 2 is 1.78 bits per heavy atom. The number of carboxylic acids is 1. The van der Waals surface area contributed by atoms with Crippen molar-refractivity contribution < 1.29 is 19.5 Å². The van der Waals surface area contributed by atoms with Gasteiger partial charge in [-0.15, -0.1) is 11.3 Å². The number of thiazole rings is 1. The third-order valence-corrected chi connectivity index (χ3v) is 8.21. The molecule has 3 heterocycles. The minimum Gasteiger partial charge on any atom is -0.481 e. The van der Waals surface area contributed by atoms with Crippen molar-refractivity contribution in [3.8, 4) is 11.1 Å². The van der Waals surface area contributed by atoms with Crippen LogP contribution in [-0.4, -0.2) is 69.3 Å². The summed E-state index contributed by atoms with van der Waals surface area (Å²) in [6.07, 6.45) is 6.11. The Bertz CT molecular complexity index is 1310. The molecule has 1 fully saturated rings. The first-order valence-corrected chi connectivity index (χ1v) is 13.5. The molecule has 4 rings (SSSR count). The first kappa shape index (κ1) is 26.7. The van der Waals surface area contributed by atoms with Crippen LogP contribution in [0.2, 0.25) is 0 Å². The Morgan fingerprint density at radius 1 is 1.11 bits per heavy atom. The molecular weight excluding hydrogens is 490 g/mol. The van der Waals surface area contributed by atoms with Crippen LogP contribution in [0.25, 0.3) is 21.3 Å². The minimum absolute atomic E-state index is 0.100. The molecule has 0 aliphatic carbocycles. The molecule has 1 saturated heterocycles. The number of rotatable bonds is 9. The van der Waals surface area contributed by atoms with E-state index in [0.717, 1.165) is 22.2 Å². The fourth-order valence-electron chi connectivity index (χ4n) is 4.41. The Balaban J connectivity index is 1.64. The number of fused-ring (bicyclic) bond motifs is 1. The molecule has 10 heteroatoms. The summed E-state index contributed by atoms with van der Waals surface area (Å²) >= 11 is 1.40. The molecule has 9 nitrogen and oxygen atoms in total. The zero-order chi connectivity index (χ0) is 26.7. The van der Waals surface area contributed by atoms with Gasteiger partial charge in [0.15, 0.2) is 0 Å². The van der Waals surface area contributed by atoms with Gasteiger partial charge in [-0.3, -0.25) is 14.4 Å². The number of carboxylic acid groups (broad SMARTS) is 1. The molecule has 0 unspecified atom stereocenters. The summed E-state index contributed by atoms with van der Waals surface area (Å²) in [4.78, 5) is 54.4. The average molecular weight is 524 g/mol. The number of benzene rings is 1. The number of hydrogen-bond donors (Lipinski definition) is 1. The highest BCUT2D eigenvalue weighted by Gasteiger charge is 2.37. The number of Topliss-reactive ketones (excluding diaryl/α,β-unsaturated/α-hetero) is 1. The molecule has 1 aliphatic rings. The predicted molar refractivity (Wildman–Crippen MR) is 144 cm³/mol. The lowest BCUT2D eigenvalue weighted by Gasteiger charge is -2.36. The quantitative estimate of drug-likeness (QED) is 0.437. The maximum atomic E-state index is 13.2. The van der Waals surface area contributed by atoms with Crippen LogP contribution in [0.3, 0.4) is 0 Å². The number of carbonyl (C=O) groups is 3. The second kappa shape index (κ2) is 10.9. The van der Waals surface area contributed by atoms with Crippen LogP contribution in [-0.2, 0) is 16.0 Å². The zero-order valence-electron chi connectivity index (χ0n) is 21.8. The van der Waals surface area contributed by atoms with Crippen molar-refractivity contribution in [3.05, 3.63) is 35.1 Å². The maximum absolute atomic E-state index is 13.2. The summed E-state index contributed by atoms with van der Waals surface area (Å²) in [6.45, 7) is 7.41. The summed E-state index contributed by atoms with van der Waals surface area (Å²) in [6, 6.07) is 3.77. The normalized spacial score (nSPS) is 15.1. The molecule has 0 spiro atoms. The van der Waals surface area contributed by atoms with Gasteiger partial charge in [0.2, 0.25) is 5.95 Å². The number of carbonyl (C=O) groups excluding carboxylic acids is 2. The van der Waals surface area contributed by atoms with Gasteiger partial charge < -0.3 is 14.9 Å². The van der Waals surface area contributed by atoms with Crippen LogP contribution in [0, 0.1) is 5.41 Å². The van der Waals surface area contributed by atoms with Gasteiger partial charge in [0.1, 0.15) is 10.8 Å². The van der Waals surface area contributed by atoms with Crippen molar-refractivity contribution in [1.29, 1.82) is 0 Å². The lowest BCUT2D eigenvalue weighted by Crippen LogP contribution is -2.43. The minimum atomic E-state index is -0.766. The summed E-state index contributed by atoms with van der Waals surface area (Å²) < 4.78 is 0.778. The standard InChI is InChI=1S/C27H33N5O4S/c1-5-7-19(33)14-22-30-21-13-17(12-20(23(21)37-22)24(34)31(4)6-2)18-15-28-26(29-16-18)32-10-8-27(3,9-11-32)25(35)36/h12-13,15-16H,5-11,14H2,1-4H3,(H,35,36). The van der Waals surface area contributed by atoms with Crippen LogP contribution in [0.4, 0.5) is 5.95 Å². The van der Waals surface area contributed by atoms with Crippen molar-refractivity contribution in [2.75, 3.05) is 31.6 Å². The third kappa shape index (κ3) is 5.64. The number of nitrogens with zero attached hydrogens (tertiary/aromatic N) is 5. The van der Waals surface area contributed by atoms with Crippen molar-refractivity contribution >= 4 is 45.2 Å². The molecule has 0 atom stereocenters. The van der Waals surface area contributed by atoms with Gasteiger partial charge >= 0.3 is 5.97 Å². The fourth-order valence-corrected chi connectivity index (χ4v) is 5.49. The average Bonchev–Trinajstić information content (AvgIpc) is 3.30. The van der Waals surface area contributed by atoms with E-state index in [1.165, 1.54) is 11.3 Å². The first-order chi connectivity index (χ1) is 17.6. The lowest BCUT2D eigenvalue weighted by atomic mass is 9.80. The molecule has 196 valence electrons. The number of ketones is 1. The summed E-state index contributed by atoms with van der Waals surface area (Å²) in [5, 5.41) is 10.2. The summed E-state index contributed by atoms with van der Waals surface area (Å²) in [7, 11) is 1.76. The molecule has 3 aromatic rings. The number of amides is 1. The first-order valence-electron chi connectivity index (χ1n) is 12.7. The lowest BCUT2D eigenvalue weighted by molar-refractivity contribution is -0.149.